The van der Waals surface area contributed by atoms with Crippen LogP contribution in [0.2, 0.25) is 5.02 Å². The van der Waals surface area contributed by atoms with Gasteiger partial charge < -0.3 is 10.7 Å². The van der Waals surface area contributed by atoms with E-state index in [1.54, 1.807) is 11.3 Å². The van der Waals surface area contributed by atoms with Gasteiger partial charge in [0.2, 0.25) is 0 Å². The standard InChI is InChI=1S/C14H13ClN4S/c15-8-2-3-9-11(6-8)20-12(18-9)10-7-17-13(19-10)14(16)4-1-5-14/h2-3,6-7H,1,4-5,16H2,(H,17,19). The Morgan fingerprint density at radius 1 is 1.35 bits per heavy atom. The zero-order valence-corrected chi connectivity index (χ0v) is 12.3. The minimum atomic E-state index is -0.266. The van der Waals surface area contributed by atoms with Gasteiger partial charge in [0, 0.05) is 5.02 Å². The highest BCUT2D eigenvalue weighted by atomic mass is 35.5. The number of hydrogen-bond acceptors (Lipinski definition) is 4. The van der Waals surface area contributed by atoms with Crippen molar-refractivity contribution in [3.63, 3.8) is 0 Å². The van der Waals surface area contributed by atoms with E-state index in [0.717, 1.165) is 44.6 Å². The number of nitrogens with zero attached hydrogens (tertiary/aromatic N) is 2. The highest BCUT2D eigenvalue weighted by Crippen LogP contribution is 2.38. The van der Waals surface area contributed by atoms with Gasteiger partial charge in [-0.15, -0.1) is 11.3 Å². The van der Waals surface area contributed by atoms with Crippen molar-refractivity contribution in [1.29, 1.82) is 0 Å². The molecule has 4 rings (SSSR count). The molecular formula is C14H13ClN4S. The summed E-state index contributed by atoms with van der Waals surface area (Å²) in [6, 6.07) is 5.73. The molecule has 0 bridgehead atoms. The van der Waals surface area contributed by atoms with Crippen LogP contribution >= 0.6 is 22.9 Å². The van der Waals surface area contributed by atoms with E-state index in [2.05, 4.69) is 15.0 Å². The molecule has 1 aromatic carbocycles. The zero-order chi connectivity index (χ0) is 13.7. The van der Waals surface area contributed by atoms with Gasteiger partial charge in [-0.2, -0.15) is 0 Å². The fraction of sp³-hybridized carbons (Fsp3) is 0.286. The lowest BCUT2D eigenvalue weighted by Crippen LogP contribution is -2.44. The predicted octanol–water partition coefficient (Wildman–Crippen LogP) is 3.68. The third-order valence-electron chi connectivity index (χ3n) is 3.87. The molecule has 102 valence electrons. The van der Waals surface area contributed by atoms with Gasteiger partial charge in [0.1, 0.15) is 10.8 Å². The molecule has 3 aromatic rings. The van der Waals surface area contributed by atoms with Gasteiger partial charge in [-0.3, -0.25) is 0 Å². The second-order valence-electron chi connectivity index (χ2n) is 5.29. The summed E-state index contributed by atoms with van der Waals surface area (Å²) in [5.41, 5.74) is 7.90. The number of halogens is 1. The summed E-state index contributed by atoms with van der Waals surface area (Å²) < 4.78 is 1.08. The fourth-order valence-corrected chi connectivity index (χ4v) is 3.70. The number of hydrogen-bond donors (Lipinski definition) is 2. The van der Waals surface area contributed by atoms with E-state index in [1.807, 2.05) is 24.4 Å². The molecule has 0 amide bonds. The molecule has 2 heterocycles. The van der Waals surface area contributed by atoms with E-state index in [-0.39, 0.29) is 5.54 Å². The number of nitrogens with two attached hydrogens (primary N) is 1. The van der Waals surface area contributed by atoms with Crippen LogP contribution < -0.4 is 5.73 Å². The van der Waals surface area contributed by atoms with Crippen molar-refractivity contribution in [2.75, 3.05) is 0 Å². The normalized spacial score (nSPS) is 17.3. The summed E-state index contributed by atoms with van der Waals surface area (Å²) in [5, 5.41) is 1.65. The van der Waals surface area contributed by atoms with Gasteiger partial charge in [0.15, 0.2) is 0 Å². The molecule has 1 saturated carbocycles. The molecule has 0 spiro atoms. The molecular weight excluding hydrogens is 292 g/mol. The van der Waals surface area contributed by atoms with E-state index in [9.17, 15) is 0 Å². The van der Waals surface area contributed by atoms with Gasteiger partial charge in [-0.1, -0.05) is 11.6 Å². The Morgan fingerprint density at radius 2 is 2.20 bits per heavy atom. The maximum atomic E-state index is 6.28. The molecule has 0 radical (unpaired) electrons. The van der Waals surface area contributed by atoms with E-state index in [0.29, 0.717) is 0 Å². The Balaban J connectivity index is 1.75. The van der Waals surface area contributed by atoms with Crippen molar-refractivity contribution in [2.45, 2.75) is 24.8 Å². The maximum Gasteiger partial charge on any atom is 0.142 e. The smallest absolute Gasteiger partial charge is 0.142 e. The Morgan fingerprint density at radius 3 is 2.95 bits per heavy atom. The molecule has 3 N–H and O–H groups in total. The number of benzene rings is 1. The maximum absolute atomic E-state index is 6.28. The summed E-state index contributed by atoms with van der Waals surface area (Å²) in [7, 11) is 0. The van der Waals surface area contributed by atoms with Crippen LogP contribution in [0.5, 0.6) is 0 Å². The lowest BCUT2D eigenvalue weighted by atomic mass is 9.77. The lowest BCUT2D eigenvalue weighted by molar-refractivity contribution is 0.240. The van der Waals surface area contributed by atoms with Crippen molar-refractivity contribution >= 4 is 33.2 Å². The highest BCUT2D eigenvalue weighted by Gasteiger charge is 2.37. The van der Waals surface area contributed by atoms with E-state index < -0.39 is 0 Å². The first kappa shape index (κ1) is 12.3. The van der Waals surface area contributed by atoms with Crippen LogP contribution in [0.4, 0.5) is 0 Å². The minimum Gasteiger partial charge on any atom is -0.338 e. The average molecular weight is 305 g/mol. The Kier molecular flexibility index (Phi) is 2.64. The monoisotopic (exact) mass is 304 g/mol. The van der Waals surface area contributed by atoms with E-state index >= 15 is 0 Å². The molecule has 20 heavy (non-hydrogen) atoms. The van der Waals surface area contributed by atoms with Gasteiger partial charge in [0.25, 0.3) is 0 Å². The van der Waals surface area contributed by atoms with Crippen LogP contribution in [-0.2, 0) is 5.54 Å². The van der Waals surface area contributed by atoms with Gasteiger partial charge >= 0.3 is 0 Å². The number of H-pyrrole nitrogens is 1. The molecule has 0 saturated heterocycles. The van der Waals surface area contributed by atoms with Crippen molar-refractivity contribution in [1.82, 2.24) is 15.0 Å². The number of imidazole rings is 1. The summed E-state index contributed by atoms with van der Waals surface area (Å²) in [4.78, 5) is 12.4. The van der Waals surface area contributed by atoms with E-state index in [4.69, 9.17) is 17.3 Å². The topological polar surface area (TPSA) is 67.6 Å². The number of aromatic amines is 1. The van der Waals surface area contributed by atoms with Gasteiger partial charge in [0.05, 0.1) is 27.6 Å². The number of rotatable bonds is 2. The van der Waals surface area contributed by atoms with Gasteiger partial charge in [-0.25, -0.2) is 9.97 Å². The summed E-state index contributed by atoms with van der Waals surface area (Å²) in [5.74, 6) is 0.871. The molecule has 1 aliphatic rings. The molecule has 2 aromatic heterocycles. The van der Waals surface area contributed by atoms with Crippen molar-refractivity contribution < 1.29 is 0 Å². The second kappa shape index (κ2) is 4.28. The number of fused-ring (bicyclic) bond motifs is 1. The second-order valence-corrected chi connectivity index (χ2v) is 6.75. The molecule has 1 aliphatic carbocycles. The quantitative estimate of drug-likeness (QED) is 0.759. The van der Waals surface area contributed by atoms with Crippen LogP contribution in [0, 0.1) is 0 Å². The Bertz CT molecular complexity index is 787. The SMILES string of the molecule is NC1(c2ncc(-c3nc4ccc(Cl)cc4s3)[nH]2)CCC1. The Hall–Kier alpha value is -1.43. The predicted molar refractivity (Wildman–Crippen MR) is 81.9 cm³/mol. The average Bonchev–Trinajstić information content (AvgIpc) is 3.01. The summed E-state index contributed by atoms with van der Waals surface area (Å²) in [6.45, 7) is 0. The molecule has 4 nitrogen and oxygen atoms in total. The van der Waals surface area contributed by atoms with Crippen molar-refractivity contribution in [2.24, 2.45) is 5.73 Å². The molecule has 6 heteroatoms. The third kappa shape index (κ3) is 1.85. The van der Waals surface area contributed by atoms with Crippen LogP contribution in [0.3, 0.4) is 0 Å². The number of thiazole rings is 1. The molecule has 0 atom stereocenters. The zero-order valence-electron chi connectivity index (χ0n) is 10.7. The minimum absolute atomic E-state index is 0.266. The molecule has 1 fully saturated rings. The molecule has 0 unspecified atom stereocenters. The molecule has 0 aliphatic heterocycles. The lowest BCUT2D eigenvalue weighted by Gasteiger charge is -2.35. The Labute approximate surface area is 125 Å². The third-order valence-corrected chi connectivity index (χ3v) is 5.16. The van der Waals surface area contributed by atoms with E-state index in [1.165, 1.54) is 6.42 Å². The largest absolute Gasteiger partial charge is 0.338 e. The highest BCUT2D eigenvalue weighted by molar-refractivity contribution is 7.21. The fourth-order valence-electron chi connectivity index (χ4n) is 2.49. The summed E-state index contributed by atoms with van der Waals surface area (Å²) in [6.07, 6.45) is 4.98. The number of nitrogens with one attached hydrogen (secondary N) is 1. The van der Waals surface area contributed by atoms with Crippen LogP contribution in [0.1, 0.15) is 25.1 Å². The first-order chi connectivity index (χ1) is 9.64. The van der Waals surface area contributed by atoms with Crippen molar-refractivity contribution in [3.8, 4) is 10.7 Å². The summed E-state index contributed by atoms with van der Waals surface area (Å²) >= 11 is 7.61. The van der Waals surface area contributed by atoms with Crippen molar-refractivity contribution in [3.05, 3.63) is 35.2 Å². The van der Waals surface area contributed by atoms with Gasteiger partial charge in [-0.05, 0) is 37.5 Å². The van der Waals surface area contributed by atoms with Crippen LogP contribution in [0.15, 0.2) is 24.4 Å². The first-order valence-electron chi connectivity index (χ1n) is 6.55. The number of aromatic nitrogens is 3. The van der Waals surface area contributed by atoms with Crippen LogP contribution in [0.25, 0.3) is 20.9 Å². The van der Waals surface area contributed by atoms with Crippen LogP contribution in [-0.4, -0.2) is 15.0 Å². The first-order valence-corrected chi connectivity index (χ1v) is 7.74.